The lowest BCUT2D eigenvalue weighted by molar-refractivity contribution is 0.589. The fourth-order valence-electron chi connectivity index (χ4n) is 2.99. The quantitative estimate of drug-likeness (QED) is 0.624. The van der Waals surface area contributed by atoms with Crippen molar-refractivity contribution in [3.8, 4) is 0 Å². The summed E-state index contributed by atoms with van der Waals surface area (Å²) in [7, 11) is 0. The van der Waals surface area contributed by atoms with E-state index in [-0.39, 0.29) is 5.41 Å². The number of fused-ring (bicyclic) bond motifs is 1. The van der Waals surface area contributed by atoms with Crippen LogP contribution >= 0.6 is 0 Å². The number of hydrogen-bond acceptors (Lipinski definition) is 1. The Morgan fingerprint density at radius 2 is 1.61 bits per heavy atom. The second-order valence-electron chi connectivity index (χ2n) is 7.65. The Labute approximate surface area is 139 Å². The second kappa shape index (κ2) is 5.84. The van der Waals surface area contributed by atoms with Crippen LogP contribution < -0.4 is 0 Å². The van der Waals surface area contributed by atoms with Gasteiger partial charge in [0.15, 0.2) is 0 Å². The van der Waals surface area contributed by atoms with Gasteiger partial charge >= 0.3 is 0 Å². The smallest absolute Gasteiger partial charge is 0.112 e. The van der Waals surface area contributed by atoms with Crippen LogP contribution in [0.4, 0.5) is 0 Å². The maximum atomic E-state index is 4.83. The van der Waals surface area contributed by atoms with Gasteiger partial charge in [-0.15, -0.1) is 0 Å². The van der Waals surface area contributed by atoms with Crippen LogP contribution in [0.5, 0.6) is 0 Å². The molecule has 1 heterocycles. The predicted molar refractivity (Wildman–Crippen MR) is 98.1 cm³/mol. The molecule has 0 bridgehead atoms. The van der Waals surface area contributed by atoms with E-state index in [1.165, 1.54) is 16.6 Å². The highest BCUT2D eigenvalue weighted by molar-refractivity contribution is 5.76. The van der Waals surface area contributed by atoms with Crippen LogP contribution in [-0.2, 0) is 12.0 Å². The number of aromatic nitrogens is 2. The van der Waals surface area contributed by atoms with Crippen molar-refractivity contribution < 1.29 is 0 Å². The zero-order chi connectivity index (χ0) is 16.6. The highest BCUT2D eigenvalue weighted by Gasteiger charge is 2.15. The summed E-state index contributed by atoms with van der Waals surface area (Å²) >= 11 is 0. The molecular formula is C21H26N2. The Morgan fingerprint density at radius 3 is 2.22 bits per heavy atom. The Bertz CT molecular complexity index is 802. The minimum absolute atomic E-state index is 0.198. The summed E-state index contributed by atoms with van der Waals surface area (Å²) in [4.78, 5) is 4.83. The molecule has 2 nitrogen and oxygen atoms in total. The molecule has 120 valence electrons. The predicted octanol–water partition coefficient (Wildman–Crippen LogP) is 5.51. The molecule has 23 heavy (non-hydrogen) atoms. The molecule has 0 N–H and O–H groups in total. The Morgan fingerprint density at radius 1 is 0.957 bits per heavy atom. The Balaban J connectivity index is 1.99. The van der Waals surface area contributed by atoms with Crippen molar-refractivity contribution in [1.29, 1.82) is 0 Å². The van der Waals surface area contributed by atoms with Gasteiger partial charge in [-0.3, -0.25) is 0 Å². The van der Waals surface area contributed by atoms with E-state index in [1.54, 1.807) is 0 Å². The standard InChI is InChI=1S/C21H26N2/c1-15(2)20-22-18-8-6-7-9-19(18)23(20)14-16-10-12-17(13-11-16)21(3,4)5/h6-13,15H,14H2,1-5H3. The summed E-state index contributed by atoms with van der Waals surface area (Å²) in [6.45, 7) is 12.0. The number of rotatable bonds is 3. The number of hydrogen-bond donors (Lipinski definition) is 0. The van der Waals surface area contributed by atoms with Crippen LogP contribution in [0.15, 0.2) is 48.5 Å². The maximum Gasteiger partial charge on any atom is 0.112 e. The summed E-state index contributed by atoms with van der Waals surface area (Å²) in [5.41, 5.74) is 5.20. The molecule has 2 heteroatoms. The topological polar surface area (TPSA) is 17.8 Å². The van der Waals surface area contributed by atoms with E-state index in [0.29, 0.717) is 5.92 Å². The van der Waals surface area contributed by atoms with Crippen molar-refractivity contribution in [2.45, 2.75) is 52.5 Å². The summed E-state index contributed by atoms with van der Waals surface area (Å²) in [6, 6.07) is 17.4. The summed E-state index contributed by atoms with van der Waals surface area (Å²) in [5, 5.41) is 0. The number of imidazole rings is 1. The van der Waals surface area contributed by atoms with Gasteiger partial charge in [0.2, 0.25) is 0 Å². The molecule has 0 saturated carbocycles. The molecule has 0 aliphatic carbocycles. The van der Waals surface area contributed by atoms with Crippen molar-refractivity contribution in [2.24, 2.45) is 0 Å². The summed E-state index contributed by atoms with van der Waals surface area (Å²) < 4.78 is 2.35. The van der Waals surface area contributed by atoms with E-state index in [0.717, 1.165) is 17.9 Å². The largest absolute Gasteiger partial charge is 0.323 e. The minimum Gasteiger partial charge on any atom is -0.323 e. The van der Waals surface area contributed by atoms with Crippen LogP contribution in [0.2, 0.25) is 0 Å². The fourth-order valence-corrected chi connectivity index (χ4v) is 2.99. The Hall–Kier alpha value is -2.09. The average molecular weight is 306 g/mol. The van der Waals surface area contributed by atoms with E-state index in [2.05, 4.69) is 87.7 Å². The van der Waals surface area contributed by atoms with Gasteiger partial charge in [0.25, 0.3) is 0 Å². The molecular weight excluding hydrogens is 280 g/mol. The van der Waals surface area contributed by atoms with Crippen LogP contribution in [-0.4, -0.2) is 9.55 Å². The summed E-state index contributed by atoms with van der Waals surface area (Å²) in [5.74, 6) is 1.57. The summed E-state index contributed by atoms with van der Waals surface area (Å²) in [6.07, 6.45) is 0. The number of nitrogens with zero attached hydrogens (tertiary/aromatic N) is 2. The molecule has 0 aliphatic heterocycles. The normalized spacial score (nSPS) is 12.3. The van der Waals surface area contributed by atoms with Gasteiger partial charge in [0, 0.05) is 12.5 Å². The lowest BCUT2D eigenvalue weighted by Gasteiger charge is -2.19. The minimum atomic E-state index is 0.198. The molecule has 1 aromatic heterocycles. The van der Waals surface area contributed by atoms with Gasteiger partial charge in [0.05, 0.1) is 11.0 Å². The van der Waals surface area contributed by atoms with Gasteiger partial charge in [-0.25, -0.2) is 4.98 Å². The van der Waals surface area contributed by atoms with Gasteiger partial charge < -0.3 is 4.57 Å². The van der Waals surface area contributed by atoms with E-state index in [1.807, 2.05) is 0 Å². The van der Waals surface area contributed by atoms with Gasteiger partial charge in [-0.2, -0.15) is 0 Å². The van der Waals surface area contributed by atoms with Crippen LogP contribution in [0.1, 0.15) is 57.5 Å². The van der Waals surface area contributed by atoms with Crippen molar-refractivity contribution in [1.82, 2.24) is 9.55 Å². The van der Waals surface area contributed by atoms with Crippen molar-refractivity contribution in [2.75, 3.05) is 0 Å². The van der Waals surface area contributed by atoms with E-state index in [4.69, 9.17) is 4.98 Å². The third-order valence-corrected chi connectivity index (χ3v) is 4.36. The third-order valence-electron chi connectivity index (χ3n) is 4.36. The Kier molecular flexibility index (Phi) is 4.01. The third kappa shape index (κ3) is 3.17. The zero-order valence-corrected chi connectivity index (χ0v) is 14.8. The van der Waals surface area contributed by atoms with Crippen LogP contribution in [0, 0.1) is 0 Å². The van der Waals surface area contributed by atoms with Crippen molar-refractivity contribution in [3.63, 3.8) is 0 Å². The number of para-hydroxylation sites is 2. The van der Waals surface area contributed by atoms with Crippen molar-refractivity contribution in [3.05, 3.63) is 65.5 Å². The first-order valence-corrected chi connectivity index (χ1v) is 8.41. The maximum absolute atomic E-state index is 4.83. The molecule has 0 unspecified atom stereocenters. The first kappa shape index (κ1) is 15.8. The van der Waals surface area contributed by atoms with Gasteiger partial charge in [-0.1, -0.05) is 71.0 Å². The second-order valence-corrected chi connectivity index (χ2v) is 7.65. The monoisotopic (exact) mass is 306 g/mol. The average Bonchev–Trinajstić information content (AvgIpc) is 2.86. The first-order chi connectivity index (χ1) is 10.9. The molecule has 3 rings (SSSR count). The zero-order valence-electron chi connectivity index (χ0n) is 14.8. The van der Waals surface area contributed by atoms with Crippen LogP contribution in [0.3, 0.4) is 0 Å². The molecule has 0 radical (unpaired) electrons. The molecule has 2 aromatic carbocycles. The first-order valence-electron chi connectivity index (χ1n) is 8.41. The van der Waals surface area contributed by atoms with Crippen molar-refractivity contribution >= 4 is 11.0 Å². The van der Waals surface area contributed by atoms with E-state index < -0.39 is 0 Å². The highest BCUT2D eigenvalue weighted by atomic mass is 15.1. The molecule has 0 aliphatic rings. The number of benzene rings is 2. The fraction of sp³-hybridized carbons (Fsp3) is 0.381. The van der Waals surface area contributed by atoms with E-state index >= 15 is 0 Å². The molecule has 0 atom stereocenters. The molecule has 0 fully saturated rings. The van der Waals surface area contributed by atoms with Crippen LogP contribution in [0.25, 0.3) is 11.0 Å². The lowest BCUT2D eigenvalue weighted by Crippen LogP contribution is -2.11. The lowest BCUT2D eigenvalue weighted by atomic mass is 9.87. The highest BCUT2D eigenvalue weighted by Crippen LogP contribution is 2.25. The molecule has 0 spiro atoms. The van der Waals surface area contributed by atoms with Gasteiger partial charge in [0.1, 0.15) is 5.82 Å². The van der Waals surface area contributed by atoms with E-state index in [9.17, 15) is 0 Å². The molecule has 0 saturated heterocycles. The van der Waals surface area contributed by atoms with Gasteiger partial charge in [-0.05, 0) is 28.7 Å². The molecule has 3 aromatic rings. The SMILES string of the molecule is CC(C)c1nc2ccccc2n1Cc1ccc(C(C)(C)C)cc1. The molecule has 0 amide bonds.